The van der Waals surface area contributed by atoms with Crippen LogP contribution in [0.3, 0.4) is 0 Å². The number of fused-ring (bicyclic) bond motifs is 1. The van der Waals surface area contributed by atoms with E-state index >= 15 is 0 Å². The van der Waals surface area contributed by atoms with Gasteiger partial charge >= 0.3 is 0 Å². The molecule has 0 radical (unpaired) electrons. The molecule has 0 atom stereocenters. The minimum absolute atomic E-state index is 0.0199. The molecule has 4 nitrogen and oxygen atoms in total. The molecule has 0 aliphatic carbocycles. The molecule has 0 saturated carbocycles. The third kappa shape index (κ3) is 2.56. The second-order valence-corrected chi connectivity index (χ2v) is 8.53. The number of benzene rings is 2. The molecule has 1 spiro atoms. The van der Waals surface area contributed by atoms with Gasteiger partial charge in [0.2, 0.25) is 0 Å². The highest BCUT2D eigenvalue weighted by Crippen LogP contribution is 2.44. The van der Waals surface area contributed by atoms with Gasteiger partial charge < -0.3 is 4.90 Å². The number of halogens is 2. The zero-order valence-corrected chi connectivity index (χ0v) is 16.1. The Hall–Kier alpha value is -2.12. The van der Waals surface area contributed by atoms with Crippen LogP contribution >= 0.6 is 11.9 Å². The van der Waals surface area contributed by atoms with Crippen molar-refractivity contribution in [2.45, 2.75) is 6.92 Å². The molecular weight excluding hydrogens is 366 g/mol. The normalized spacial score (nSPS) is 18.7. The highest BCUT2D eigenvalue weighted by atomic mass is 32.2. The first-order valence-electron chi connectivity index (χ1n) is 8.96. The quantitative estimate of drug-likeness (QED) is 0.635. The van der Waals surface area contributed by atoms with Crippen LogP contribution in [-0.4, -0.2) is 46.5 Å². The minimum Gasteiger partial charge on any atom is -0.370 e. The number of nitrogens with zero attached hydrogens (tertiary/aromatic N) is 4. The maximum Gasteiger partial charge on any atom is 0.155 e. The fraction of sp³-hybridized carbons (Fsp3) is 0.350. The van der Waals surface area contributed by atoms with Crippen LogP contribution in [0.2, 0.25) is 0 Å². The second-order valence-electron chi connectivity index (χ2n) is 7.64. The van der Waals surface area contributed by atoms with Crippen LogP contribution in [0.25, 0.3) is 16.6 Å². The van der Waals surface area contributed by atoms with E-state index in [-0.39, 0.29) is 5.56 Å². The van der Waals surface area contributed by atoms with Crippen molar-refractivity contribution in [1.82, 2.24) is 14.1 Å². The minimum atomic E-state index is -0.556. The fourth-order valence-electron chi connectivity index (χ4n) is 4.19. The molecule has 0 N–H and O–H groups in total. The number of rotatable bonds is 3. The molecule has 0 amide bonds. The van der Waals surface area contributed by atoms with Crippen molar-refractivity contribution in [1.29, 1.82) is 0 Å². The number of anilines is 1. The highest BCUT2D eigenvalue weighted by molar-refractivity contribution is 7.96. The molecule has 2 aromatic carbocycles. The van der Waals surface area contributed by atoms with E-state index in [2.05, 4.69) is 32.7 Å². The summed E-state index contributed by atoms with van der Waals surface area (Å²) in [5.41, 5.74) is 2.74. The first-order valence-corrected chi connectivity index (χ1v) is 10.1. The van der Waals surface area contributed by atoms with Gasteiger partial charge in [-0.05, 0) is 43.5 Å². The summed E-state index contributed by atoms with van der Waals surface area (Å²) >= 11 is 1.82. The maximum absolute atomic E-state index is 14.6. The molecule has 3 heterocycles. The summed E-state index contributed by atoms with van der Waals surface area (Å²) in [5.74, 6) is -1.10. The summed E-state index contributed by atoms with van der Waals surface area (Å²) in [6, 6.07) is 9.32. The van der Waals surface area contributed by atoms with E-state index in [9.17, 15) is 8.78 Å². The third-order valence-corrected chi connectivity index (χ3v) is 6.54. The lowest BCUT2D eigenvalue weighted by Crippen LogP contribution is -2.70. The zero-order chi connectivity index (χ0) is 18.8. The molecule has 2 saturated heterocycles. The molecule has 140 valence electrons. The monoisotopic (exact) mass is 386 g/mol. The van der Waals surface area contributed by atoms with E-state index in [0.717, 1.165) is 31.9 Å². The van der Waals surface area contributed by atoms with E-state index in [1.54, 1.807) is 4.68 Å². The Kier molecular flexibility index (Phi) is 3.74. The largest absolute Gasteiger partial charge is 0.370 e. The summed E-state index contributed by atoms with van der Waals surface area (Å²) in [7, 11) is 0. The molecule has 5 rings (SSSR count). The number of hydrogen-bond donors (Lipinski definition) is 0. The summed E-state index contributed by atoms with van der Waals surface area (Å²) in [4.78, 5) is 2.38. The number of hydrogen-bond acceptors (Lipinski definition) is 4. The van der Waals surface area contributed by atoms with Gasteiger partial charge in [0.05, 0.1) is 11.9 Å². The van der Waals surface area contributed by atoms with Crippen LogP contribution in [0, 0.1) is 24.0 Å². The average Bonchev–Trinajstić information content (AvgIpc) is 3.02. The molecule has 0 unspecified atom stereocenters. The molecule has 1 aromatic heterocycles. The molecule has 2 aliphatic rings. The Bertz CT molecular complexity index is 1020. The smallest absolute Gasteiger partial charge is 0.155 e. The first-order chi connectivity index (χ1) is 13.0. The lowest BCUT2D eigenvalue weighted by molar-refractivity contribution is 0.0480. The molecule has 0 bridgehead atoms. The fourth-order valence-corrected chi connectivity index (χ4v) is 5.00. The van der Waals surface area contributed by atoms with Crippen LogP contribution in [0.5, 0.6) is 0 Å². The first kappa shape index (κ1) is 17.0. The Morgan fingerprint density at radius 3 is 2.37 bits per heavy atom. The van der Waals surface area contributed by atoms with Gasteiger partial charge in [-0.3, -0.25) is 0 Å². The molecule has 2 fully saturated rings. The van der Waals surface area contributed by atoms with Gasteiger partial charge in [-0.2, -0.15) is 5.10 Å². The van der Waals surface area contributed by atoms with E-state index in [4.69, 9.17) is 0 Å². The van der Waals surface area contributed by atoms with E-state index in [0.29, 0.717) is 16.3 Å². The van der Waals surface area contributed by atoms with Crippen molar-refractivity contribution in [2.75, 3.05) is 37.3 Å². The van der Waals surface area contributed by atoms with Crippen molar-refractivity contribution in [3.8, 4) is 5.69 Å². The molecule has 27 heavy (non-hydrogen) atoms. The van der Waals surface area contributed by atoms with Gasteiger partial charge in [-0.15, -0.1) is 0 Å². The molecule has 2 aliphatic heterocycles. The Labute approximate surface area is 160 Å². The predicted octanol–water partition coefficient (Wildman–Crippen LogP) is 4.01. The summed E-state index contributed by atoms with van der Waals surface area (Å²) in [6.45, 7) is 5.94. The molecular formula is C20H20F2N4S. The van der Waals surface area contributed by atoms with E-state index < -0.39 is 11.6 Å². The Balaban J connectivity index is 1.39. The van der Waals surface area contributed by atoms with Gasteiger partial charge in [0.1, 0.15) is 11.3 Å². The second kappa shape index (κ2) is 5.94. The van der Waals surface area contributed by atoms with Gasteiger partial charge in [0.15, 0.2) is 5.82 Å². The van der Waals surface area contributed by atoms with Crippen molar-refractivity contribution >= 4 is 28.5 Å². The molecule has 7 heteroatoms. The average molecular weight is 386 g/mol. The van der Waals surface area contributed by atoms with Crippen LogP contribution in [0.1, 0.15) is 5.56 Å². The Morgan fingerprint density at radius 1 is 1.04 bits per heavy atom. The van der Waals surface area contributed by atoms with Crippen LogP contribution in [0.4, 0.5) is 14.5 Å². The van der Waals surface area contributed by atoms with Crippen molar-refractivity contribution in [3.63, 3.8) is 0 Å². The van der Waals surface area contributed by atoms with Gasteiger partial charge in [-0.1, -0.05) is 11.9 Å². The standard InChI is InChI=1S/C20H20F2N4S/c1-13-17(21)7-14-8-23-26(19(14)18(13)22)16-5-3-15(4-6-16)24-9-20(10-24)11-25(12-20)27-2/h3-8H,9-12H2,1-2H3. The topological polar surface area (TPSA) is 24.3 Å². The van der Waals surface area contributed by atoms with Crippen molar-refractivity contribution in [2.24, 2.45) is 5.41 Å². The highest BCUT2D eigenvalue weighted by Gasteiger charge is 2.51. The number of aromatic nitrogens is 2. The molecule has 3 aromatic rings. The van der Waals surface area contributed by atoms with Crippen LogP contribution in [0.15, 0.2) is 36.5 Å². The lowest BCUT2D eigenvalue weighted by atomic mass is 9.74. The predicted molar refractivity (Wildman–Crippen MR) is 105 cm³/mol. The van der Waals surface area contributed by atoms with Crippen LogP contribution < -0.4 is 4.90 Å². The van der Waals surface area contributed by atoms with Gasteiger partial charge in [0.25, 0.3) is 0 Å². The van der Waals surface area contributed by atoms with E-state index in [1.165, 1.54) is 24.9 Å². The summed E-state index contributed by atoms with van der Waals surface area (Å²) in [6.07, 6.45) is 3.63. The third-order valence-electron chi connectivity index (χ3n) is 5.77. The SMILES string of the molecule is CSN1CC2(C1)CN(c1ccc(-n3ncc4cc(F)c(C)c(F)c43)cc1)C2. The van der Waals surface area contributed by atoms with Gasteiger partial charge in [-0.25, -0.2) is 17.8 Å². The Morgan fingerprint density at radius 2 is 1.70 bits per heavy atom. The van der Waals surface area contributed by atoms with Crippen molar-refractivity contribution < 1.29 is 8.78 Å². The zero-order valence-electron chi connectivity index (χ0n) is 15.2. The van der Waals surface area contributed by atoms with E-state index in [1.807, 2.05) is 24.1 Å². The van der Waals surface area contributed by atoms with Gasteiger partial charge in [0, 0.05) is 48.2 Å². The van der Waals surface area contributed by atoms with Crippen molar-refractivity contribution in [3.05, 3.63) is 53.7 Å². The summed E-state index contributed by atoms with van der Waals surface area (Å²) in [5, 5.41) is 4.73. The lowest BCUT2D eigenvalue weighted by Gasteiger charge is -2.60. The van der Waals surface area contributed by atoms with Crippen LogP contribution in [-0.2, 0) is 0 Å². The maximum atomic E-state index is 14.6. The summed E-state index contributed by atoms with van der Waals surface area (Å²) < 4.78 is 32.3.